The van der Waals surface area contributed by atoms with Crippen LogP contribution in [0.4, 0.5) is 5.88 Å². The first-order valence-electron chi connectivity index (χ1n) is 9.44. The van der Waals surface area contributed by atoms with Gasteiger partial charge in [0, 0.05) is 20.2 Å². The van der Waals surface area contributed by atoms with Gasteiger partial charge in [-0.15, -0.1) is 0 Å². The van der Waals surface area contributed by atoms with Crippen molar-refractivity contribution in [1.82, 2.24) is 9.88 Å². The van der Waals surface area contributed by atoms with Crippen LogP contribution in [-0.2, 0) is 21.2 Å². The minimum Gasteiger partial charge on any atom is -0.467 e. The monoisotopic (exact) mass is 489 g/mol. The molecule has 1 saturated heterocycles. The van der Waals surface area contributed by atoms with Gasteiger partial charge in [0.05, 0.1) is 22.6 Å². The number of nitrogens with zero attached hydrogens (tertiary/aromatic N) is 3. The number of carbonyl (C=O) groups is 1. The number of furan rings is 1. The Kier molecular flexibility index (Phi) is 5.97. The largest absolute Gasteiger partial charge is 0.467 e. The van der Waals surface area contributed by atoms with Crippen LogP contribution in [-0.4, -0.2) is 42.6 Å². The summed E-state index contributed by atoms with van der Waals surface area (Å²) >= 11 is 6.41. The lowest BCUT2D eigenvalue weighted by Crippen LogP contribution is -2.27. The molecule has 0 spiro atoms. The lowest BCUT2D eigenvalue weighted by Gasteiger charge is -2.11. The summed E-state index contributed by atoms with van der Waals surface area (Å²) in [6.45, 7) is 2.08. The number of sulfone groups is 1. The van der Waals surface area contributed by atoms with Gasteiger partial charge in [-0.25, -0.2) is 8.42 Å². The number of hydrogen-bond acceptors (Lipinski definition) is 9. The minimum atomic E-state index is -3.93. The molecule has 1 fully saturated rings. The maximum Gasteiger partial charge on any atom is 0.266 e. The number of rotatable bonds is 6. The highest BCUT2D eigenvalue weighted by Gasteiger charge is 2.34. The van der Waals surface area contributed by atoms with E-state index in [2.05, 4.69) is 4.98 Å². The summed E-state index contributed by atoms with van der Waals surface area (Å²) in [5.74, 6) is 0.338. The number of thioether (sulfide) groups is 1. The van der Waals surface area contributed by atoms with Gasteiger partial charge in [-0.3, -0.25) is 9.69 Å². The predicted molar refractivity (Wildman–Crippen MR) is 125 cm³/mol. The number of thiocarbonyl (C=S) groups is 1. The molecule has 8 nitrogen and oxygen atoms in total. The molecule has 11 heteroatoms. The number of carbonyl (C=O) groups excluding carboxylic acids is 1. The van der Waals surface area contributed by atoms with E-state index in [4.69, 9.17) is 21.1 Å². The molecule has 0 saturated carbocycles. The molecule has 0 bridgehead atoms. The Balaban J connectivity index is 1.68. The quantitative estimate of drug-likeness (QED) is 0.377. The second-order valence-electron chi connectivity index (χ2n) is 7.22. The molecule has 32 heavy (non-hydrogen) atoms. The third-order valence-corrected chi connectivity index (χ3v) is 7.66. The smallest absolute Gasteiger partial charge is 0.266 e. The Morgan fingerprint density at radius 3 is 2.56 bits per heavy atom. The summed E-state index contributed by atoms with van der Waals surface area (Å²) in [6.07, 6.45) is 2.93. The van der Waals surface area contributed by atoms with Crippen molar-refractivity contribution in [3.63, 3.8) is 0 Å². The fourth-order valence-electron chi connectivity index (χ4n) is 2.97. The Hall–Kier alpha value is -2.89. The number of benzene rings is 1. The molecule has 2 aromatic heterocycles. The second-order valence-corrected chi connectivity index (χ2v) is 10.8. The minimum absolute atomic E-state index is 0.00196. The van der Waals surface area contributed by atoms with Gasteiger partial charge in [0.15, 0.2) is 0 Å². The van der Waals surface area contributed by atoms with Gasteiger partial charge in [0.1, 0.15) is 10.1 Å². The van der Waals surface area contributed by atoms with E-state index in [1.165, 1.54) is 34.3 Å². The Labute approximate surface area is 194 Å². The van der Waals surface area contributed by atoms with E-state index in [0.717, 1.165) is 17.3 Å². The molecule has 166 valence electrons. The van der Waals surface area contributed by atoms with Crippen molar-refractivity contribution >= 4 is 56.0 Å². The van der Waals surface area contributed by atoms with Crippen molar-refractivity contribution in [2.45, 2.75) is 23.4 Å². The summed E-state index contributed by atoms with van der Waals surface area (Å²) in [6, 6.07) is 9.97. The fourth-order valence-corrected chi connectivity index (χ4v) is 5.57. The third kappa shape index (κ3) is 4.23. The lowest BCUT2D eigenvalue weighted by atomic mass is 10.2. The number of hydrogen-bond donors (Lipinski definition) is 0. The first kappa shape index (κ1) is 22.3. The van der Waals surface area contributed by atoms with Crippen LogP contribution in [0.25, 0.3) is 6.08 Å². The number of aromatic nitrogens is 1. The van der Waals surface area contributed by atoms with Crippen LogP contribution in [0.3, 0.4) is 0 Å². The Morgan fingerprint density at radius 2 is 1.94 bits per heavy atom. The molecule has 4 rings (SSSR count). The molecule has 1 aromatic carbocycles. The van der Waals surface area contributed by atoms with E-state index in [1.807, 2.05) is 6.92 Å². The van der Waals surface area contributed by atoms with Crippen LogP contribution in [0.15, 0.2) is 66.3 Å². The highest BCUT2D eigenvalue weighted by Crippen LogP contribution is 2.36. The molecule has 0 unspecified atom stereocenters. The van der Waals surface area contributed by atoms with Gasteiger partial charge in [-0.2, -0.15) is 4.98 Å². The van der Waals surface area contributed by atoms with Gasteiger partial charge >= 0.3 is 0 Å². The van der Waals surface area contributed by atoms with E-state index in [1.54, 1.807) is 38.4 Å². The SMILES string of the molecule is Cc1ccc(S(=O)(=O)c2nc(C=C3SC(=S)N(Cc4ccco4)C3=O)oc2N(C)C)cc1. The highest BCUT2D eigenvalue weighted by atomic mass is 32.2. The molecule has 0 radical (unpaired) electrons. The number of anilines is 1. The van der Waals surface area contributed by atoms with Crippen molar-refractivity contribution in [2.24, 2.45) is 0 Å². The second kappa shape index (κ2) is 8.57. The highest BCUT2D eigenvalue weighted by molar-refractivity contribution is 8.26. The molecule has 3 aromatic rings. The fraction of sp³-hybridized carbons (Fsp3) is 0.190. The van der Waals surface area contributed by atoms with E-state index in [-0.39, 0.29) is 39.1 Å². The predicted octanol–water partition coefficient (Wildman–Crippen LogP) is 3.88. The van der Waals surface area contributed by atoms with Crippen LogP contribution in [0.5, 0.6) is 0 Å². The van der Waals surface area contributed by atoms with E-state index in [0.29, 0.717) is 10.1 Å². The molecular formula is C21H19N3O5S3. The summed E-state index contributed by atoms with van der Waals surface area (Å²) < 4.78 is 37.7. The normalized spacial score (nSPS) is 15.7. The number of amides is 1. The molecule has 3 heterocycles. The zero-order valence-corrected chi connectivity index (χ0v) is 19.9. The molecule has 0 aliphatic carbocycles. The van der Waals surface area contributed by atoms with Crippen molar-refractivity contribution in [3.8, 4) is 0 Å². The van der Waals surface area contributed by atoms with E-state index in [9.17, 15) is 13.2 Å². The van der Waals surface area contributed by atoms with Gasteiger partial charge in [-0.05, 0) is 31.2 Å². The van der Waals surface area contributed by atoms with Crippen molar-refractivity contribution in [2.75, 3.05) is 19.0 Å². The van der Waals surface area contributed by atoms with Gasteiger partial charge in [0.2, 0.25) is 26.6 Å². The molecule has 1 aliphatic rings. The van der Waals surface area contributed by atoms with Crippen molar-refractivity contribution in [1.29, 1.82) is 0 Å². The van der Waals surface area contributed by atoms with Crippen molar-refractivity contribution < 1.29 is 22.0 Å². The van der Waals surface area contributed by atoms with Gasteiger partial charge < -0.3 is 13.7 Å². The zero-order valence-electron chi connectivity index (χ0n) is 17.4. The zero-order chi connectivity index (χ0) is 23.0. The van der Waals surface area contributed by atoms with Crippen LogP contribution in [0.2, 0.25) is 0 Å². The van der Waals surface area contributed by atoms with Crippen LogP contribution < -0.4 is 4.90 Å². The van der Waals surface area contributed by atoms with Gasteiger partial charge in [0.25, 0.3) is 5.91 Å². The topological polar surface area (TPSA) is 96.9 Å². The lowest BCUT2D eigenvalue weighted by molar-refractivity contribution is -0.122. The van der Waals surface area contributed by atoms with Gasteiger partial charge in [-0.1, -0.05) is 41.7 Å². The number of aryl methyl sites for hydroxylation is 1. The maximum atomic E-state index is 13.2. The first-order valence-corrected chi connectivity index (χ1v) is 12.2. The molecular weight excluding hydrogens is 470 g/mol. The summed E-state index contributed by atoms with van der Waals surface area (Å²) in [5.41, 5.74) is 0.939. The Bertz CT molecular complexity index is 1310. The summed E-state index contributed by atoms with van der Waals surface area (Å²) in [5, 5.41) is -0.219. The van der Waals surface area contributed by atoms with Crippen LogP contribution >= 0.6 is 24.0 Å². The third-order valence-electron chi connectivity index (χ3n) is 4.61. The van der Waals surface area contributed by atoms with E-state index >= 15 is 0 Å². The Morgan fingerprint density at radius 1 is 1.22 bits per heavy atom. The molecule has 0 atom stereocenters. The standard InChI is InChI=1S/C21H19N3O5S3/c1-13-6-8-15(9-7-13)32(26,27)18-20(23(2)3)29-17(22-18)11-16-19(25)24(21(30)31-16)12-14-5-4-10-28-14/h4-11H,12H2,1-3H3. The average Bonchev–Trinajstić information content (AvgIpc) is 3.46. The summed E-state index contributed by atoms with van der Waals surface area (Å²) in [7, 11) is -0.622. The van der Waals surface area contributed by atoms with Crippen LogP contribution in [0, 0.1) is 6.92 Å². The molecule has 0 N–H and O–H groups in total. The number of oxazole rings is 1. The molecule has 1 aliphatic heterocycles. The van der Waals surface area contributed by atoms with Crippen molar-refractivity contribution in [3.05, 3.63) is 64.8 Å². The van der Waals surface area contributed by atoms with Crippen LogP contribution in [0.1, 0.15) is 17.2 Å². The maximum absolute atomic E-state index is 13.2. The first-order chi connectivity index (χ1) is 15.2. The van der Waals surface area contributed by atoms with E-state index < -0.39 is 9.84 Å². The molecule has 1 amide bonds. The summed E-state index contributed by atoms with van der Waals surface area (Å²) in [4.78, 5) is 20.4. The average molecular weight is 490 g/mol.